The summed E-state index contributed by atoms with van der Waals surface area (Å²) in [4.78, 5) is 0. The number of benzene rings is 1. The predicted octanol–water partition coefficient (Wildman–Crippen LogP) is 2.69. The first-order valence-electron chi connectivity index (χ1n) is 5.46. The summed E-state index contributed by atoms with van der Waals surface area (Å²) in [5.41, 5.74) is 1.50. The number of alkyl halides is 1. The molecule has 0 unspecified atom stereocenters. The number of halogens is 2. The molecule has 19 heavy (non-hydrogen) atoms. The topological polar surface area (TPSA) is 48.2 Å². The van der Waals surface area contributed by atoms with Gasteiger partial charge in [0.1, 0.15) is 29.6 Å². The molecule has 0 N–H and O–H groups in total. The molecule has 1 aromatic carbocycles. The van der Waals surface area contributed by atoms with Crippen molar-refractivity contribution < 1.29 is 13.8 Å². The minimum Gasteiger partial charge on any atom is -0.487 e. The van der Waals surface area contributed by atoms with Crippen LogP contribution in [0.4, 0.5) is 4.39 Å². The van der Waals surface area contributed by atoms with Gasteiger partial charge in [0.05, 0.1) is 11.4 Å². The Bertz CT molecular complexity index is 631. The second-order valence-corrected chi connectivity index (χ2v) is 3.93. The molecule has 0 radical (unpaired) electrons. The Labute approximate surface area is 114 Å². The van der Waals surface area contributed by atoms with Gasteiger partial charge in [0.25, 0.3) is 0 Å². The van der Waals surface area contributed by atoms with E-state index in [1.807, 2.05) is 0 Å². The van der Waals surface area contributed by atoms with Crippen molar-refractivity contribution in [3.05, 3.63) is 41.0 Å². The van der Waals surface area contributed by atoms with Gasteiger partial charge in [0.15, 0.2) is 0 Å². The molecule has 0 fully saturated rings. The minimum absolute atomic E-state index is 0.163. The van der Waals surface area contributed by atoms with Crippen molar-refractivity contribution in [2.24, 2.45) is 0 Å². The van der Waals surface area contributed by atoms with Gasteiger partial charge in [-0.25, -0.2) is 9.02 Å². The number of hydrogen-bond acceptors (Lipinski definition) is 4. The Morgan fingerprint density at radius 2 is 2.26 bits per heavy atom. The molecule has 0 spiro atoms. The van der Waals surface area contributed by atoms with E-state index in [0.29, 0.717) is 17.1 Å². The van der Waals surface area contributed by atoms with Gasteiger partial charge in [0.2, 0.25) is 0 Å². The van der Waals surface area contributed by atoms with E-state index >= 15 is 0 Å². The summed E-state index contributed by atoms with van der Waals surface area (Å²) >= 11 is 5.41. The summed E-state index contributed by atoms with van der Waals surface area (Å²) in [5, 5.41) is 7.29. The highest BCUT2D eigenvalue weighted by molar-refractivity contribution is 6.19. The largest absolute Gasteiger partial charge is 0.487 e. The van der Waals surface area contributed by atoms with Crippen LogP contribution >= 0.6 is 11.6 Å². The predicted molar refractivity (Wildman–Crippen MR) is 67.4 cm³/mol. The Morgan fingerprint density at radius 3 is 2.89 bits per heavy atom. The first-order chi connectivity index (χ1) is 9.20. The molecule has 0 aliphatic heterocycles. The van der Waals surface area contributed by atoms with Crippen LogP contribution in [0.15, 0.2) is 22.8 Å². The van der Waals surface area contributed by atoms with Gasteiger partial charge in [-0.2, -0.15) is 0 Å². The van der Waals surface area contributed by atoms with Gasteiger partial charge >= 0.3 is 0 Å². The lowest BCUT2D eigenvalue weighted by Gasteiger charge is -2.04. The smallest absolute Gasteiger partial charge is 0.145 e. The fourth-order valence-corrected chi connectivity index (χ4v) is 1.41. The van der Waals surface area contributed by atoms with Crippen LogP contribution in [0.3, 0.4) is 0 Å². The van der Waals surface area contributed by atoms with Crippen LogP contribution in [0.5, 0.6) is 5.75 Å². The van der Waals surface area contributed by atoms with Crippen molar-refractivity contribution >= 4 is 11.6 Å². The fourth-order valence-electron chi connectivity index (χ4n) is 1.35. The molecule has 0 aliphatic rings. The molecular weight excluding hydrogens is 271 g/mol. The molecule has 4 nitrogen and oxygen atoms in total. The Hall–Kier alpha value is -2.06. The van der Waals surface area contributed by atoms with E-state index in [4.69, 9.17) is 16.3 Å². The second-order valence-electron chi connectivity index (χ2n) is 3.66. The van der Waals surface area contributed by atoms with Gasteiger partial charge in [-0.1, -0.05) is 22.2 Å². The lowest BCUT2D eigenvalue weighted by Crippen LogP contribution is -1.98. The molecule has 0 bridgehead atoms. The number of aromatic nitrogens is 2. The number of ether oxygens (including phenoxy) is 1. The number of hydrogen-bond donors (Lipinski definition) is 0. The Kier molecular flexibility index (Phi) is 4.37. The Morgan fingerprint density at radius 1 is 1.42 bits per heavy atom. The molecular formula is C13H10ClFN2O2. The lowest BCUT2D eigenvalue weighted by atomic mass is 10.2. The van der Waals surface area contributed by atoms with Crippen molar-refractivity contribution in [2.75, 3.05) is 5.88 Å². The van der Waals surface area contributed by atoms with Crippen molar-refractivity contribution in [1.82, 2.24) is 10.3 Å². The van der Waals surface area contributed by atoms with Crippen LogP contribution in [0.1, 0.15) is 17.0 Å². The molecule has 0 aliphatic carbocycles. The summed E-state index contributed by atoms with van der Waals surface area (Å²) < 4.78 is 23.6. The maximum Gasteiger partial charge on any atom is 0.145 e. The highest BCUT2D eigenvalue weighted by Gasteiger charge is 2.07. The summed E-state index contributed by atoms with van der Waals surface area (Å²) in [6.07, 6.45) is 0. The molecule has 6 heteroatoms. The van der Waals surface area contributed by atoms with Crippen LogP contribution in [0.2, 0.25) is 0 Å². The van der Waals surface area contributed by atoms with E-state index in [2.05, 4.69) is 26.8 Å². The molecule has 1 aromatic heterocycles. The quantitative estimate of drug-likeness (QED) is 0.641. The van der Waals surface area contributed by atoms with Crippen LogP contribution in [0, 0.1) is 24.6 Å². The molecule has 0 saturated heterocycles. The van der Waals surface area contributed by atoms with Crippen molar-refractivity contribution in [3.8, 4) is 17.6 Å². The van der Waals surface area contributed by atoms with E-state index in [1.54, 1.807) is 13.0 Å². The van der Waals surface area contributed by atoms with Crippen LogP contribution in [-0.2, 0) is 6.61 Å². The third-order valence-electron chi connectivity index (χ3n) is 2.35. The van der Waals surface area contributed by atoms with Crippen molar-refractivity contribution in [3.63, 3.8) is 0 Å². The van der Waals surface area contributed by atoms with E-state index in [0.717, 1.165) is 0 Å². The third-order valence-corrected chi connectivity index (χ3v) is 2.49. The van der Waals surface area contributed by atoms with Crippen LogP contribution in [0.25, 0.3) is 0 Å². The maximum absolute atomic E-state index is 13.6. The van der Waals surface area contributed by atoms with E-state index in [-0.39, 0.29) is 18.1 Å². The fraction of sp³-hybridized carbons (Fsp3) is 0.231. The lowest BCUT2D eigenvalue weighted by molar-refractivity contribution is 0.269. The zero-order chi connectivity index (χ0) is 13.7. The molecule has 1 heterocycles. The van der Waals surface area contributed by atoms with E-state index in [9.17, 15) is 4.39 Å². The van der Waals surface area contributed by atoms with Gasteiger partial charge < -0.3 is 4.74 Å². The number of aryl methyl sites for hydroxylation is 1. The number of nitrogens with zero attached hydrogens (tertiary/aromatic N) is 2. The monoisotopic (exact) mass is 280 g/mol. The van der Waals surface area contributed by atoms with Crippen LogP contribution < -0.4 is 4.74 Å². The summed E-state index contributed by atoms with van der Waals surface area (Å²) in [6.45, 7) is 1.92. The normalized spacial score (nSPS) is 9.84. The van der Waals surface area contributed by atoms with Gasteiger partial charge in [0, 0.05) is 6.07 Å². The standard InChI is InChI=1S/C13H10ClFN2O2/c1-9-13(17-19-16-9)8-18-11-5-4-10(3-2-6-14)12(15)7-11/h4-5,7H,6,8H2,1H3. The highest BCUT2D eigenvalue weighted by Crippen LogP contribution is 2.17. The second kappa shape index (κ2) is 6.21. The molecule has 0 amide bonds. The maximum atomic E-state index is 13.6. The molecule has 2 aromatic rings. The zero-order valence-corrected chi connectivity index (χ0v) is 10.9. The first kappa shape index (κ1) is 13.4. The zero-order valence-electron chi connectivity index (χ0n) is 10.1. The minimum atomic E-state index is -0.454. The Balaban J connectivity index is 2.06. The molecule has 2 rings (SSSR count). The van der Waals surface area contributed by atoms with Gasteiger partial charge in [-0.15, -0.1) is 11.6 Å². The summed E-state index contributed by atoms with van der Waals surface area (Å²) in [6, 6.07) is 4.43. The van der Waals surface area contributed by atoms with E-state index < -0.39 is 5.82 Å². The SMILES string of the molecule is Cc1nonc1COc1ccc(C#CCCl)c(F)c1. The van der Waals surface area contributed by atoms with E-state index in [1.165, 1.54) is 12.1 Å². The average molecular weight is 281 g/mol. The molecule has 0 atom stereocenters. The summed E-state index contributed by atoms with van der Waals surface area (Å²) in [5.74, 6) is 5.30. The van der Waals surface area contributed by atoms with Gasteiger partial charge in [-0.05, 0) is 19.1 Å². The third kappa shape index (κ3) is 3.46. The molecule has 98 valence electrons. The first-order valence-corrected chi connectivity index (χ1v) is 5.99. The highest BCUT2D eigenvalue weighted by atomic mass is 35.5. The van der Waals surface area contributed by atoms with Crippen molar-refractivity contribution in [1.29, 1.82) is 0 Å². The number of rotatable bonds is 3. The van der Waals surface area contributed by atoms with Crippen LogP contribution in [-0.4, -0.2) is 16.2 Å². The summed E-state index contributed by atoms with van der Waals surface area (Å²) in [7, 11) is 0. The average Bonchev–Trinajstić information content (AvgIpc) is 2.81. The molecule has 0 saturated carbocycles. The van der Waals surface area contributed by atoms with Crippen molar-refractivity contribution in [2.45, 2.75) is 13.5 Å². The van der Waals surface area contributed by atoms with Gasteiger partial charge in [-0.3, -0.25) is 0 Å².